The Morgan fingerprint density at radius 2 is 1.73 bits per heavy atom. The number of hydrogen-bond donors (Lipinski definition) is 1. The van der Waals surface area contributed by atoms with Crippen LogP contribution < -0.4 is 10.2 Å². The molecule has 274 valence electrons. The average Bonchev–Trinajstić information content (AvgIpc) is 3.74. The first kappa shape index (κ1) is 36.0. The van der Waals surface area contributed by atoms with Gasteiger partial charge in [-0.1, -0.05) is 18.7 Å². The molecule has 16 heteroatoms. The number of halogens is 2. The molecule has 0 radical (unpaired) electrons. The maximum Gasteiger partial charge on any atom is 0.412 e. The van der Waals surface area contributed by atoms with Crippen molar-refractivity contribution < 1.29 is 32.6 Å². The first-order valence-electron chi connectivity index (χ1n) is 17.1. The number of piperazine rings is 1. The SMILES string of the molecule is CCSc1nc(N2C3CCC2CN(C(=O)OC(C)(C)C)C3)c2c3c(c(-c4ncc(F)c5sc(NC(=O)OC(C)(C)C)c(C#N)c45)c(F)c2n1)COC3. The highest BCUT2D eigenvalue weighted by Crippen LogP contribution is 2.48. The Morgan fingerprint density at radius 1 is 1.06 bits per heavy atom. The van der Waals surface area contributed by atoms with Crippen molar-refractivity contribution in [2.24, 2.45) is 0 Å². The molecule has 3 aromatic heterocycles. The van der Waals surface area contributed by atoms with Gasteiger partial charge in [-0.15, -0.1) is 11.3 Å². The maximum absolute atomic E-state index is 17.4. The van der Waals surface area contributed by atoms with E-state index >= 15 is 8.78 Å². The van der Waals surface area contributed by atoms with E-state index in [0.717, 1.165) is 30.4 Å². The molecule has 3 aliphatic rings. The van der Waals surface area contributed by atoms with Gasteiger partial charge in [-0.2, -0.15) is 5.26 Å². The summed E-state index contributed by atoms with van der Waals surface area (Å²) in [5.74, 6) is -0.198. The summed E-state index contributed by atoms with van der Waals surface area (Å²) in [5.41, 5.74) is -0.167. The third-order valence-electron chi connectivity index (χ3n) is 9.04. The highest BCUT2D eigenvalue weighted by Gasteiger charge is 2.45. The standard InChI is InChI=1S/C36H39F2N7O5S2/c1-8-51-32-41-28-25(30(42-32)45-17-9-10-18(45)14-44(13-17)34(47)50-36(5,6)7)21-16-48-15-20(21)23(26(28)38)27-24-19(11-39)31(43-33(46)49-35(2,3)4)52-29(24)22(37)12-40-27/h12,17-18H,8-10,13-16H2,1-7H3,(H,43,46). The van der Waals surface area contributed by atoms with E-state index in [1.54, 1.807) is 25.7 Å². The summed E-state index contributed by atoms with van der Waals surface area (Å²) in [4.78, 5) is 43.8. The number of aromatic nitrogens is 3. The van der Waals surface area contributed by atoms with E-state index in [-0.39, 0.29) is 68.8 Å². The van der Waals surface area contributed by atoms with Crippen LogP contribution in [0.1, 0.15) is 78.0 Å². The zero-order valence-corrected chi connectivity index (χ0v) is 31.6. The zero-order valence-electron chi connectivity index (χ0n) is 30.0. The van der Waals surface area contributed by atoms with Crippen LogP contribution in [0.2, 0.25) is 0 Å². The smallest absolute Gasteiger partial charge is 0.412 e. The van der Waals surface area contributed by atoms with Gasteiger partial charge in [-0.3, -0.25) is 10.3 Å². The van der Waals surface area contributed by atoms with Crippen LogP contribution in [0.3, 0.4) is 0 Å². The van der Waals surface area contributed by atoms with Gasteiger partial charge in [0.1, 0.15) is 33.6 Å². The lowest BCUT2D eigenvalue weighted by Crippen LogP contribution is -2.56. The van der Waals surface area contributed by atoms with Gasteiger partial charge in [0.2, 0.25) is 0 Å². The Balaban J connectivity index is 1.39. The molecular weight excluding hydrogens is 713 g/mol. The number of thioether (sulfide) groups is 1. The van der Waals surface area contributed by atoms with Gasteiger partial charge >= 0.3 is 12.2 Å². The summed E-state index contributed by atoms with van der Waals surface area (Å²) in [6.07, 6.45) is 1.44. The van der Waals surface area contributed by atoms with E-state index in [4.69, 9.17) is 24.2 Å². The quantitative estimate of drug-likeness (QED) is 0.156. The molecule has 0 saturated carbocycles. The van der Waals surface area contributed by atoms with Crippen molar-refractivity contribution in [2.75, 3.05) is 29.1 Å². The molecule has 2 saturated heterocycles. The number of nitrogens with one attached hydrogen (secondary N) is 1. The van der Waals surface area contributed by atoms with Gasteiger partial charge in [0.25, 0.3) is 0 Å². The maximum atomic E-state index is 17.4. The molecule has 1 aromatic carbocycles. The van der Waals surface area contributed by atoms with Gasteiger partial charge in [0.15, 0.2) is 16.8 Å². The fourth-order valence-electron chi connectivity index (χ4n) is 7.19. The first-order valence-corrected chi connectivity index (χ1v) is 18.9. The topological polar surface area (TPSA) is 143 Å². The molecule has 4 aromatic rings. The van der Waals surface area contributed by atoms with Crippen molar-refractivity contribution in [3.05, 3.63) is 34.5 Å². The molecule has 3 aliphatic heterocycles. The van der Waals surface area contributed by atoms with E-state index in [2.05, 4.69) is 21.3 Å². The van der Waals surface area contributed by atoms with E-state index in [1.165, 1.54) is 11.8 Å². The fourth-order valence-corrected chi connectivity index (χ4v) is 8.80. The summed E-state index contributed by atoms with van der Waals surface area (Å²) in [5, 5.41) is 13.9. The number of rotatable bonds is 5. The number of nitriles is 1. The molecule has 12 nitrogen and oxygen atoms in total. The van der Waals surface area contributed by atoms with Gasteiger partial charge in [-0.25, -0.2) is 28.3 Å². The number of carbonyl (C=O) groups is 2. The van der Waals surface area contributed by atoms with Crippen LogP contribution in [0.5, 0.6) is 0 Å². The lowest BCUT2D eigenvalue weighted by atomic mass is 9.93. The summed E-state index contributed by atoms with van der Waals surface area (Å²) in [7, 11) is 0. The van der Waals surface area contributed by atoms with Crippen molar-refractivity contribution in [3.63, 3.8) is 0 Å². The van der Waals surface area contributed by atoms with Crippen LogP contribution in [0.25, 0.3) is 32.2 Å². The fraction of sp³-hybridized carbons (Fsp3) is 0.500. The normalized spacial score (nSPS) is 18.5. The predicted octanol–water partition coefficient (Wildman–Crippen LogP) is 8.13. The van der Waals surface area contributed by atoms with E-state index in [0.29, 0.717) is 46.3 Å². The van der Waals surface area contributed by atoms with Gasteiger partial charge in [0, 0.05) is 36.1 Å². The van der Waals surface area contributed by atoms with Gasteiger partial charge < -0.3 is 24.0 Å². The van der Waals surface area contributed by atoms with Crippen LogP contribution in [0.4, 0.5) is 29.2 Å². The Bertz CT molecular complexity index is 2160. The largest absolute Gasteiger partial charge is 0.444 e. The molecule has 2 amide bonds. The monoisotopic (exact) mass is 751 g/mol. The minimum Gasteiger partial charge on any atom is -0.444 e. The number of benzene rings is 1. The van der Waals surface area contributed by atoms with Crippen molar-refractivity contribution >= 4 is 67.1 Å². The molecule has 2 atom stereocenters. The second-order valence-electron chi connectivity index (χ2n) is 15.0. The lowest BCUT2D eigenvalue weighted by Gasteiger charge is -2.42. The lowest BCUT2D eigenvalue weighted by molar-refractivity contribution is 0.0209. The second kappa shape index (κ2) is 13.3. The molecule has 0 aliphatic carbocycles. The van der Waals surface area contributed by atoms with Crippen molar-refractivity contribution in [3.8, 4) is 17.3 Å². The third-order valence-corrected chi connectivity index (χ3v) is 10.9. The van der Waals surface area contributed by atoms with Crippen molar-refractivity contribution in [2.45, 2.75) is 103 Å². The molecule has 1 N–H and O–H groups in total. The molecule has 6 heterocycles. The summed E-state index contributed by atoms with van der Waals surface area (Å²) >= 11 is 2.23. The van der Waals surface area contributed by atoms with Crippen LogP contribution in [0.15, 0.2) is 11.4 Å². The zero-order chi connectivity index (χ0) is 37.3. The second-order valence-corrected chi connectivity index (χ2v) is 17.3. The van der Waals surface area contributed by atoms with E-state index < -0.39 is 28.9 Å². The summed E-state index contributed by atoms with van der Waals surface area (Å²) in [6.45, 7) is 13.6. The number of thiophene rings is 1. The Hall–Kier alpha value is -4.33. The molecular formula is C36H39F2N7O5S2. The number of pyridine rings is 1. The minimum atomic E-state index is -0.818. The molecule has 2 bridgehead atoms. The average molecular weight is 752 g/mol. The Kier molecular flexibility index (Phi) is 9.19. The predicted molar refractivity (Wildman–Crippen MR) is 195 cm³/mol. The molecule has 2 unspecified atom stereocenters. The Morgan fingerprint density at radius 3 is 2.37 bits per heavy atom. The molecule has 52 heavy (non-hydrogen) atoms. The minimum absolute atomic E-state index is 0.0322. The highest BCUT2D eigenvalue weighted by atomic mass is 32.2. The van der Waals surface area contributed by atoms with Crippen LogP contribution >= 0.6 is 23.1 Å². The van der Waals surface area contributed by atoms with Crippen LogP contribution in [0, 0.1) is 23.0 Å². The number of amides is 2. The van der Waals surface area contributed by atoms with Gasteiger partial charge in [0.05, 0.1) is 40.8 Å². The van der Waals surface area contributed by atoms with E-state index in [9.17, 15) is 14.9 Å². The number of anilines is 2. The highest BCUT2D eigenvalue weighted by molar-refractivity contribution is 7.99. The molecule has 2 fully saturated rings. The van der Waals surface area contributed by atoms with E-state index in [1.807, 2.05) is 27.7 Å². The number of nitrogens with zero attached hydrogens (tertiary/aromatic N) is 6. The van der Waals surface area contributed by atoms with Crippen molar-refractivity contribution in [1.82, 2.24) is 19.9 Å². The van der Waals surface area contributed by atoms with Crippen LogP contribution in [-0.4, -0.2) is 74.2 Å². The first-order chi connectivity index (χ1) is 24.6. The number of hydrogen-bond acceptors (Lipinski definition) is 12. The molecule has 7 rings (SSSR count). The molecule has 0 spiro atoms. The number of likely N-dealkylation sites (tertiary alicyclic amines) is 1. The number of ether oxygens (including phenoxy) is 3. The summed E-state index contributed by atoms with van der Waals surface area (Å²) < 4.78 is 49.9. The number of carbonyl (C=O) groups excluding carboxylic acids is 2. The van der Waals surface area contributed by atoms with Crippen LogP contribution in [-0.2, 0) is 27.4 Å². The van der Waals surface area contributed by atoms with Crippen molar-refractivity contribution in [1.29, 1.82) is 5.26 Å². The number of fused-ring (bicyclic) bond motifs is 6. The summed E-state index contributed by atoms with van der Waals surface area (Å²) in [6, 6.07) is 1.91. The third kappa shape index (κ3) is 6.47. The Labute approximate surface area is 307 Å². The van der Waals surface area contributed by atoms with Gasteiger partial charge in [-0.05, 0) is 71.3 Å².